The Hall–Kier alpha value is -2.49. The second-order valence-corrected chi connectivity index (χ2v) is 4.18. The first-order valence-electron chi connectivity index (χ1n) is 5.68. The van der Waals surface area contributed by atoms with Crippen LogP contribution in [0.1, 0.15) is 5.56 Å². The molecule has 0 saturated heterocycles. The maximum Gasteiger partial charge on any atom is 0.178 e. The van der Waals surface area contributed by atoms with Crippen molar-refractivity contribution < 1.29 is 0 Å². The molecular formula is C14H12N4. The number of hydrogen-bond acceptors (Lipinski definition) is 4. The fraction of sp³-hybridized carbons (Fsp3) is 0.0714. The number of fused-ring (bicyclic) bond motifs is 1. The minimum Gasteiger partial charge on any atom is -0.396 e. The van der Waals surface area contributed by atoms with Crippen molar-refractivity contribution in [2.75, 3.05) is 5.73 Å². The van der Waals surface area contributed by atoms with Gasteiger partial charge in [-0.05, 0) is 24.6 Å². The number of aromatic nitrogens is 3. The molecule has 2 heterocycles. The third kappa shape index (κ3) is 1.78. The first-order chi connectivity index (χ1) is 8.74. The molecule has 18 heavy (non-hydrogen) atoms. The van der Waals surface area contributed by atoms with Crippen LogP contribution in [0.4, 0.5) is 5.69 Å². The fourth-order valence-corrected chi connectivity index (χ4v) is 1.93. The van der Waals surface area contributed by atoms with Gasteiger partial charge in [-0.1, -0.05) is 18.2 Å². The maximum absolute atomic E-state index is 5.58. The van der Waals surface area contributed by atoms with E-state index in [2.05, 4.69) is 27.9 Å². The van der Waals surface area contributed by atoms with Crippen LogP contribution in [-0.2, 0) is 0 Å². The van der Waals surface area contributed by atoms with Crippen molar-refractivity contribution in [1.29, 1.82) is 0 Å². The van der Waals surface area contributed by atoms with Crippen LogP contribution < -0.4 is 5.73 Å². The number of benzene rings is 1. The Morgan fingerprint density at radius 2 is 1.78 bits per heavy atom. The van der Waals surface area contributed by atoms with Crippen LogP contribution in [0.5, 0.6) is 0 Å². The molecule has 0 fully saturated rings. The molecule has 0 radical (unpaired) electrons. The fourth-order valence-electron chi connectivity index (χ4n) is 1.93. The Kier molecular flexibility index (Phi) is 2.41. The number of nitrogens with zero attached hydrogens (tertiary/aromatic N) is 3. The van der Waals surface area contributed by atoms with E-state index in [0.717, 1.165) is 22.2 Å². The van der Waals surface area contributed by atoms with E-state index in [9.17, 15) is 0 Å². The number of anilines is 1. The van der Waals surface area contributed by atoms with Gasteiger partial charge in [0, 0.05) is 5.39 Å². The molecule has 3 aromatic rings. The third-order valence-corrected chi connectivity index (χ3v) is 2.82. The van der Waals surface area contributed by atoms with E-state index in [-0.39, 0.29) is 0 Å². The van der Waals surface area contributed by atoms with E-state index in [4.69, 9.17) is 5.73 Å². The van der Waals surface area contributed by atoms with Gasteiger partial charge in [0.05, 0.1) is 23.6 Å². The third-order valence-electron chi connectivity index (χ3n) is 2.82. The van der Waals surface area contributed by atoms with Crippen molar-refractivity contribution in [2.24, 2.45) is 0 Å². The van der Waals surface area contributed by atoms with Gasteiger partial charge in [0.15, 0.2) is 5.82 Å². The average Bonchev–Trinajstić information content (AvgIpc) is 2.39. The molecule has 4 heteroatoms. The first-order valence-corrected chi connectivity index (χ1v) is 5.68. The SMILES string of the molecule is Cc1cc(-c2ncc(N)cn2)nc2ccccc12. The summed E-state index contributed by atoms with van der Waals surface area (Å²) < 4.78 is 0. The number of rotatable bonds is 1. The Balaban J connectivity index is 2.21. The molecule has 2 N–H and O–H groups in total. The van der Waals surface area contributed by atoms with Crippen molar-refractivity contribution in [1.82, 2.24) is 15.0 Å². The summed E-state index contributed by atoms with van der Waals surface area (Å²) in [5.74, 6) is 0.595. The molecule has 0 aliphatic carbocycles. The van der Waals surface area contributed by atoms with E-state index >= 15 is 0 Å². The molecular weight excluding hydrogens is 224 g/mol. The van der Waals surface area contributed by atoms with Gasteiger partial charge in [0.25, 0.3) is 0 Å². The lowest BCUT2D eigenvalue weighted by atomic mass is 10.1. The summed E-state index contributed by atoms with van der Waals surface area (Å²) in [4.78, 5) is 13.0. The van der Waals surface area contributed by atoms with E-state index in [1.54, 1.807) is 12.4 Å². The predicted molar refractivity (Wildman–Crippen MR) is 71.9 cm³/mol. The Morgan fingerprint density at radius 1 is 1.06 bits per heavy atom. The highest BCUT2D eigenvalue weighted by atomic mass is 14.9. The number of para-hydroxylation sites is 1. The van der Waals surface area contributed by atoms with Crippen LogP contribution in [0.2, 0.25) is 0 Å². The van der Waals surface area contributed by atoms with Crippen molar-refractivity contribution in [3.63, 3.8) is 0 Å². The zero-order chi connectivity index (χ0) is 12.5. The van der Waals surface area contributed by atoms with Crippen LogP contribution in [0.15, 0.2) is 42.7 Å². The molecule has 2 aromatic heterocycles. The number of hydrogen-bond donors (Lipinski definition) is 1. The van der Waals surface area contributed by atoms with Gasteiger partial charge in [0.1, 0.15) is 5.69 Å². The molecule has 4 nitrogen and oxygen atoms in total. The van der Waals surface area contributed by atoms with Gasteiger partial charge < -0.3 is 5.73 Å². The molecule has 0 amide bonds. The summed E-state index contributed by atoms with van der Waals surface area (Å²) in [6.07, 6.45) is 3.18. The van der Waals surface area contributed by atoms with Crippen molar-refractivity contribution in [2.45, 2.75) is 6.92 Å². The van der Waals surface area contributed by atoms with Crippen molar-refractivity contribution in [3.8, 4) is 11.5 Å². The monoisotopic (exact) mass is 236 g/mol. The first kappa shape index (κ1) is 10.7. The van der Waals surface area contributed by atoms with Crippen LogP contribution >= 0.6 is 0 Å². The van der Waals surface area contributed by atoms with Gasteiger partial charge in [-0.3, -0.25) is 0 Å². The predicted octanol–water partition coefficient (Wildman–Crippen LogP) is 2.58. The van der Waals surface area contributed by atoms with E-state index in [1.165, 1.54) is 0 Å². The summed E-state index contributed by atoms with van der Waals surface area (Å²) in [7, 11) is 0. The molecule has 0 aliphatic heterocycles. The standard InChI is InChI=1S/C14H12N4/c1-9-6-13(14-16-7-10(15)8-17-14)18-12-5-3-2-4-11(9)12/h2-8H,15H2,1H3. The number of nitrogen functional groups attached to an aromatic ring is 1. The van der Waals surface area contributed by atoms with Gasteiger partial charge in [-0.15, -0.1) is 0 Å². The number of aryl methyl sites for hydroxylation is 1. The largest absolute Gasteiger partial charge is 0.396 e. The molecule has 3 rings (SSSR count). The minimum atomic E-state index is 0.552. The zero-order valence-corrected chi connectivity index (χ0v) is 9.96. The van der Waals surface area contributed by atoms with Crippen LogP contribution in [0, 0.1) is 6.92 Å². The van der Waals surface area contributed by atoms with Crippen LogP contribution in [0.3, 0.4) is 0 Å². The summed E-state index contributed by atoms with van der Waals surface area (Å²) in [5, 5.41) is 1.15. The second kappa shape index (κ2) is 4.07. The smallest absolute Gasteiger partial charge is 0.178 e. The normalized spacial score (nSPS) is 10.7. The van der Waals surface area contributed by atoms with Gasteiger partial charge in [0.2, 0.25) is 0 Å². The van der Waals surface area contributed by atoms with E-state index in [0.29, 0.717) is 11.5 Å². The molecule has 1 aromatic carbocycles. The Bertz CT molecular complexity index is 705. The molecule has 0 saturated carbocycles. The van der Waals surface area contributed by atoms with Gasteiger partial charge in [-0.2, -0.15) is 0 Å². The Morgan fingerprint density at radius 3 is 2.56 bits per heavy atom. The summed E-state index contributed by atoms with van der Waals surface area (Å²) in [5.41, 5.74) is 9.02. The van der Waals surface area contributed by atoms with E-state index < -0.39 is 0 Å². The summed E-state index contributed by atoms with van der Waals surface area (Å²) >= 11 is 0. The minimum absolute atomic E-state index is 0.552. The highest BCUT2D eigenvalue weighted by Gasteiger charge is 2.06. The molecule has 0 spiro atoms. The van der Waals surface area contributed by atoms with Crippen LogP contribution in [0.25, 0.3) is 22.4 Å². The lowest BCUT2D eigenvalue weighted by Crippen LogP contribution is -1.95. The summed E-state index contributed by atoms with van der Waals surface area (Å²) in [6, 6.07) is 10.0. The summed E-state index contributed by atoms with van der Waals surface area (Å²) in [6.45, 7) is 2.06. The second-order valence-electron chi connectivity index (χ2n) is 4.18. The molecule has 88 valence electrons. The molecule has 0 bridgehead atoms. The molecule has 0 atom stereocenters. The quantitative estimate of drug-likeness (QED) is 0.705. The highest BCUT2D eigenvalue weighted by molar-refractivity contribution is 5.84. The number of pyridine rings is 1. The molecule has 0 unspecified atom stereocenters. The number of nitrogens with two attached hydrogens (primary N) is 1. The zero-order valence-electron chi connectivity index (χ0n) is 9.96. The van der Waals surface area contributed by atoms with Gasteiger partial charge in [-0.25, -0.2) is 15.0 Å². The maximum atomic E-state index is 5.58. The lowest BCUT2D eigenvalue weighted by Gasteiger charge is -2.05. The lowest BCUT2D eigenvalue weighted by molar-refractivity contribution is 1.15. The van der Waals surface area contributed by atoms with Crippen molar-refractivity contribution in [3.05, 3.63) is 48.3 Å². The topological polar surface area (TPSA) is 64.7 Å². The van der Waals surface area contributed by atoms with Crippen LogP contribution in [-0.4, -0.2) is 15.0 Å². The molecule has 0 aliphatic rings. The van der Waals surface area contributed by atoms with Gasteiger partial charge >= 0.3 is 0 Å². The highest BCUT2D eigenvalue weighted by Crippen LogP contribution is 2.21. The Labute approximate surface area is 105 Å². The average molecular weight is 236 g/mol. The van der Waals surface area contributed by atoms with E-state index in [1.807, 2.05) is 24.3 Å². The van der Waals surface area contributed by atoms with Crippen molar-refractivity contribution >= 4 is 16.6 Å².